The second-order valence-electron chi connectivity index (χ2n) is 2.61. The van der Waals surface area contributed by atoms with Crippen LogP contribution in [0.4, 0.5) is 28.9 Å². The smallest absolute Gasteiger partial charge is 0.237 e. The molecule has 1 rings (SSSR count). The Morgan fingerprint density at radius 2 is 2.00 bits per heavy atom. The third-order valence-electron chi connectivity index (χ3n) is 1.67. The molecule has 0 aromatic heterocycles. The average Bonchev–Trinajstić information content (AvgIpc) is 2.19. The summed E-state index contributed by atoms with van der Waals surface area (Å²) in [5, 5.41) is 1.76. The summed E-state index contributed by atoms with van der Waals surface area (Å²) in [4.78, 5) is 5.74. The van der Waals surface area contributed by atoms with Crippen LogP contribution in [0.1, 0.15) is 5.56 Å². The quantitative estimate of drug-likeness (QED) is 0.315. The van der Waals surface area contributed by atoms with E-state index in [4.69, 9.17) is 6.57 Å². The lowest BCUT2D eigenvalue weighted by molar-refractivity contribution is -0.139. The molecular formula is C9H2F4N2S. The van der Waals surface area contributed by atoms with Gasteiger partial charge >= 0.3 is 6.18 Å². The van der Waals surface area contributed by atoms with Gasteiger partial charge in [-0.05, 0) is 18.3 Å². The van der Waals surface area contributed by atoms with Gasteiger partial charge in [0.2, 0.25) is 5.69 Å². The number of rotatable bonds is 1. The monoisotopic (exact) mass is 246 g/mol. The Balaban J connectivity index is 3.61. The van der Waals surface area contributed by atoms with Crippen LogP contribution in [0.25, 0.3) is 4.85 Å². The fraction of sp³-hybridized carbons (Fsp3) is 0.111. The minimum absolute atomic E-state index is 0.588. The normalized spacial score (nSPS) is 10.4. The fourth-order valence-electron chi connectivity index (χ4n) is 1.05. The maximum absolute atomic E-state index is 13.4. The van der Waals surface area contributed by atoms with Crippen molar-refractivity contribution >= 4 is 28.8 Å². The van der Waals surface area contributed by atoms with Gasteiger partial charge in [-0.25, -0.2) is 9.24 Å². The third kappa shape index (κ3) is 2.24. The summed E-state index contributed by atoms with van der Waals surface area (Å²) >= 11 is 4.17. The molecule has 1 aromatic rings. The Morgan fingerprint density at radius 3 is 2.44 bits per heavy atom. The van der Waals surface area contributed by atoms with Crippen LogP contribution in [0.15, 0.2) is 17.1 Å². The lowest BCUT2D eigenvalue weighted by Gasteiger charge is -2.10. The van der Waals surface area contributed by atoms with Crippen LogP contribution < -0.4 is 0 Å². The molecule has 0 heterocycles. The molecule has 0 fully saturated rings. The summed E-state index contributed by atoms with van der Waals surface area (Å²) in [6.45, 7) is 6.53. The summed E-state index contributed by atoms with van der Waals surface area (Å²) in [6, 6.07) is 1.78. The van der Waals surface area contributed by atoms with Crippen molar-refractivity contribution in [3.05, 3.63) is 34.9 Å². The number of halogens is 4. The van der Waals surface area contributed by atoms with Gasteiger partial charge in [0.1, 0.15) is 5.69 Å². The number of hydrogen-bond donors (Lipinski definition) is 0. The summed E-state index contributed by atoms with van der Waals surface area (Å²) in [7, 11) is 0. The molecule has 16 heavy (non-hydrogen) atoms. The second-order valence-corrected chi connectivity index (χ2v) is 2.79. The van der Waals surface area contributed by atoms with E-state index >= 15 is 0 Å². The molecule has 0 aliphatic rings. The van der Waals surface area contributed by atoms with Crippen LogP contribution in [0, 0.1) is 12.4 Å². The van der Waals surface area contributed by atoms with Gasteiger partial charge in [0.05, 0.1) is 17.3 Å². The average molecular weight is 246 g/mol. The van der Waals surface area contributed by atoms with Crippen LogP contribution in [-0.4, -0.2) is 5.16 Å². The van der Waals surface area contributed by atoms with E-state index in [2.05, 4.69) is 22.1 Å². The minimum Gasteiger partial charge on any atom is -0.237 e. The molecule has 0 aliphatic heterocycles. The molecule has 1 aromatic carbocycles. The van der Waals surface area contributed by atoms with Gasteiger partial charge in [-0.15, -0.1) is 0 Å². The third-order valence-corrected chi connectivity index (χ3v) is 1.76. The molecule has 0 atom stereocenters. The molecule has 2 nitrogen and oxygen atoms in total. The summed E-state index contributed by atoms with van der Waals surface area (Å²) in [5.41, 5.74) is -3.03. The minimum atomic E-state index is -4.95. The highest BCUT2D eigenvalue weighted by Gasteiger charge is 2.38. The molecule has 0 spiro atoms. The first kappa shape index (κ1) is 12.3. The fourth-order valence-corrected chi connectivity index (χ4v) is 1.15. The zero-order chi connectivity index (χ0) is 12.3. The lowest BCUT2D eigenvalue weighted by Crippen LogP contribution is -2.08. The standard InChI is InChI=1S/C9H2F4N2S/c1-14-5-2-3-6(15-4-16)8(10)7(5)9(11,12)13/h2-3H. The molecule has 82 valence electrons. The van der Waals surface area contributed by atoms with Crippen molar-refractivity contribution in [3.63, 3.8) is 0 Å². The maximum Gasteiger partial charge on any atom is 0.410 e. The Kier molecular flexibility index (Phi) is 3.38. The number of benzene rings is 1. The number of alkyl halides is 3. The highest BCUT2D eigenvalue weighted by molar-refractivity contribution is 7.78. The van der Waals surface area contributed by atoms with Gasteiger partial charge in [0.15, 0.2) is 5.82 Å². The maximum atomic E-state index is 13.4. The van der Waals surface area contributed by atoms with E-state index in [1.165, 1.54) is 0 Å². The predicted octanol–water partition coefficient (Wildman–Crippen LogP) is 4.13. The van der Waals surface area contributed by atoms with Crippen LogP contribution in [0.5, 0.6) is 0 Å². The number of isothiocyanates is 1. The largest absolute Gasteiger partial charge is 0.410 e. The van der Waals surface area contributed by atoms with E-state index in [-0.39, 0.29) is 0 Å². The number of thiocarbonyl (C=S) groups is 1. The molecule has 0 unspecified atom stereocenters. The molecule has 7 heteroatoms. The van der Waals surface area contributed by atoms with E-state index in [9.17, 15) is 17.6 Å². The van der Waals surface area contributed by atoms with Gasteiger partial charge in [-0.1, -0.05) is 6.07 Å². The van der Waals surface area contributed by atoms with Crippen LogP contribution in [-0.2, 0) is 6.18 Å². The highest BCUT2D eigenvalue weighted by atomic mass is 32.1. The zero-order valence-corrected chi connectivity index (χ0v) is 8.29. The van der Waals surface area contributed by atoms with Crippen LogP contribution >= 0.6 is 12.2 Å². The van der Waals surface area contributed by atoms with Crippen molar-refractivity contribution in [1.29, 1.82) is 0 Å². The van der Waals surface area contributed by atoms with Crippen LogP contribution in [0.3, 0.4) is 0 Å². The van der Waals surface area contributed by atoms with E-state index in [0.29, 0.717) is 0 Å². The molecular weight excluding hydrogens is 244 g/mol. The van der Waals surface area contributed by atoms with Gasteiger partial charge < -0.3 is 0 Å². The second kappa shape index (κ2) is 4.39. The van der Waals surface area contributed by atoms with E-state index < -0.39 is 28.9 Å². The molecule has 0 saturated carbocycles. The van der Waals surface area contributed by atoms with Gasteiger partial charge in [0, 0.05) is 0 Å². The van der Waals surface area contributed by atoms with Crippen molar-refractivity contribution < 1.29 is 17.6 Å². The molecule has 0 bridgehead atoms. The molecule has 0 N–H and O–H groups in total. The Morgan fingerprint density at radius 1 is 1.38 bits per heavy atom. The lowest BCUT2D eigenvalue weighted by atomic mass is 10.1. The van der Waals surface area contributed by atoms with Crippen molar-refractivity contribution in [2.24, 2.45) is 4.99 Å². The first-order chi connectivity index (χ1) is 7.41. The Hall–Kier alpha value is -1.77. The zero-order valence-electron chi connectivity index (χ0n) is 7.47. The highest BCUT2D eigenvalue weighted by Crippen LogP contribution is 2.41. The van der Waals surface area contributed by atoms with Gasteiger partial charge in [-0.3, -0.25) is 0 Å². The van der Waals surface area contributed by atoms with E-state index in [1.807, 2.05) is 0 Å². The Bertz CT molecular complexity index is 509. The summed E-state index contributed by atoms with van der Waals surface area (Å²) in [5.74, 6) is -1.61. The van der Waals surface area contributed by atoms with Crippen molar-refractivity contribution in [2.45, 2.75) is 6.18 Å². The van der Waals surface area contributed by atoms with Crippen LogP contribution in [0.2, 0.25) is 0 Å². The molecule has 0 aliphatic carbocycles. The molecule has 0 radical (unpaired) electrons. The molecule has 0 saturated heterocycles. The number of hydrogen-bond acceptors (Lipinski definition) is 2. The summed E-state index contributed by atoms with van der Waals surface area (Å²) < 4.78 is 50.7. The van der Waals surface area contributed by atoms with Gasteiger partial charge in [-0.2, -0.15) is 18.2 Å². The van der Waals surface area contributed by atoms with E-state index in [1.54, 1.807) is 5.16 Å². The van der Waals surface area contributed by atoms with Gasteiger partial charge in [0.25, 0.3) is 0 Å². The Labute approximate surface area is 93.0 Å². The number of aliphatic imine (C=N–C) groups is 1. The summed E-state index contributed by atoms with van der Waals surface area (Å²) in [6.07, 6.45) is -4.95. The van der Waals surface area contributed by atoms with Crippen molar-refractivity contribution in [3.8, 4) is 0 Å². The van der Waals surface area contributed by atoms with E-state index in [0.717, 1.165) is 12.1 Å². The topological polar surface area (TPSA) is 16.7 Å². The first-order valence-corrected chi connectivity index (χ1v) is 4.17. The first-order valence-electron chi connectivity index (χ1n) is 3.77. The SMILES string of the molecule is [C-]#[N+]c1ccc(N=C=S)c(F)c1C(F)(F)F. The van der Waals surface area contributed by atoms with Crippen molar-refractivity contribution in [1.82, 2.24) is 0 Å². The molecule has 0 amide bonds. The number of nitrogens with zero attached hydrogens (tertiary/aromatic N) is 2. The predicted molar refractivity (Wildman–Crippen MR) is 52.3 cm³/mol. The van der Waals surface area contributed by atoms with Crippen molar-refractivity contribution in [2.75, 3.05) is 0 Å².